The first-order valence-corrected chi connectivity index (χ1v) is 12.7. The van der Waals surface area contributed by atoms with Crippen LogP contribution in [0.1, 0.15) is 37.6 Å². The van der Waals surface area contributed by atoms with Crippen molar-refractivity contribution in [3.05, 3.63) is 97.7 Å². The molecule has 1 aromatic heterocycles. The van der Waals surface area contributed by atoms with Crippen molar-refractivity contribution >= 4 is 56.2 Å². The smallest absolute Gasteiger partial charge is 0.282 e. The summed E-state index contributed by atoms with van der Waals surface area (Å²) in [5.41, 5.74) is 1.29. The summed E-state index contributed by atoms with van der Waals surface area (Å²) in [6.45, 7) is 3.70. The van der Waals surface area contributed by atoms with Gasteiger partial charge in [0.15, 0.2) is 6.61 Å². The van der Waals surface area contributed by atoms with Crippen molar-refractivity contribution in [3.8, 4) is 5.75 Å². The molecule has 1 atom stereocenters. The predicted molar refractivity (Wildman–Crippen MR) is 147 cm³/mol. The van der Waals surface area contributed by atoms with E-state index in [-0.39, 0.29) is 23.1 Å². The molecule has 7 nitrogen and oxygen atoms in total. The third kappa shape index (κ3) is 6.42. The summed E-state index contributed by atoms with van der Waals surface area (Å²) in [4.78, 5) is 30.1. The molecule has 4 aromatic rings. The van der Waals surface area contributed by atoms with Gasteiger partial charge in [0.05, 0.1) is 22.1 Å². The molecule has 4 rings (SSSR count). The van der Waals surface area contributed by atoms with Gasteiger partial charge in [0.2, 0.25) is 0 Å². The first-order chi connectivity index (χ1) is 17.7. The molecule has 3 aromatic carbocycles. The first kappa shape index (κ1) is 26.5. The van der Waals surface area contributed by atoms with Crippen LogP contribution in [-0.4, -0.2) is 28.4 Å². The summed E-state index contributed by atoms with van der Waals surface area (Å²) in [5, 5.41) is 7.70. The number of amides is 1. The van der Waals surface area contributed by atoms with Crippen LogP contribution in [-0.2, 0) is 4.79 Å². The van der Waals surface area contributed by atoms with E-state index in [9.17, 15) is 14.0 Å². The van der Waals surface area contributed by atoms with Crippen molar-refractivity contribution in [2.45, 2.75) is 26.2 Å². The van der Waals surface area contributed by atoms with Crippen LogP contribution in [0.2, 0.25) is 5.02 Å². The summed E-state index contributed by atoms with van der Waals surface area (Å²) in [5.74, 6) is -0.0443. The van der Waals surface area contributed by atoms with Crippen LogP contribution in [0, 0.1) is 5.82 Å². The van der Waals surface area contributed by atoms with E-state index in [1.54, 1.807) is 36.4 Å². The summed E-state index contributed by atoms with van der Waals surface area (Å²) < 4.78 is 20.9. The zero-order valence-electron chi connectivity index (χ0n) is 20.0. The Kier molecular flexibility index (Phi) is 8.35. The SMILES string of the molecule is CC[C@@H](C)c1nc2ccc(Br)cc2c(=O)n1N=Cc1ccc(OCC(=O)Nc2cccc(F)c2)c(Cl)c1. The number of anilines is 1. The highest BCUT2D eigenvalue weighted by Crippen LogP contribution is 2.25. The number of hydrogen-bond donors (Lipinski definition) is 1. The molecule has 10 heteroatoms. The van der Waals surface area contributed by atoms with Crippen molar-refractivity contribution in [3.63, 3.8) is 0 Å². The molecule has 1 heterocycles. The van der Waals surface area contributed by atoms with Gasteiger partial charge >= 0.3 is 0 Å². The summed E-state index contributed by atoms with van der Waals surface area (Å²) in [6, 6.07) is 15.9. The zero-order valence-corrected chi connectivity index (χ0v) is 22.4. The van der Waals surface area contributed by atoms with E-state index in [0.29, 0.717) is 33.7 Å². The van der Waals surface area contributed by atoms with Crippen molar-refractivity contribution in [1.29, 1.82) is 0 Å². The second-order valence-corrected chi connectivity index (χ2v) is 9.66. The number of hydrogen-bond acceptors (Lipinski definition) is 5. The van der Waals surface area contributed by atoms with E-state index in [1.807, 2.05) is 19.9 Å². The van der Waals surface area contributed by atoms with Crippen LogP contribution < -0.4 is 15.6 Å². The molecule has 0 saturated heterocycles. The van der Waals surface area contributed by atoms with Crippen LogP contribution >= 0.6 is 27.5 Å². The number of rotatable bonds is 8. The quantitative estimate of drug-likeness (QED) is 0.244. The second-order valence-electron chi connectivity index (χ2n) is 8.34. The van der Waals surface area contributed by atoms with Crippen LogP contribution in [0.3, 0.4) is 0 Å². The molecule has 1 amide bonds. The van der Waals surface area contributed by atoms with Gasteiger partial charge in [-0.05, 0) is 66.6 Å². The molecule has 0 bridgehead atoms. The summed E-state index contributed by atoms with van der Waals surface area (Å²) in [7, 11) is 0. The molecule has 37 heavy (non-hydrogen) atoms. The lowest BCUT2D eigenvalue weighted by molar-refractivity contribution is -0.118. The molecular weight excluding hydrogens is 563 g/mol. The average molecular weight is 586 g/mol. The fourth-order valence-corrected chi connectivity index (χ4v) is 4.13. The first-order valence-electron chi connectivity index (χ1n) is 11.5. The van der Waals surface area contributed by atoms with E-state index in [1.165, 1.54) is 29.1 Å². The summed E-state index contributed by atoms with van der Waals surface area (Å²) >= 11 is 9.76. The Labute approximate surface area is 226 Å². The van der Waals surface area contributed by atoms with Gasteiger partial charge in [-0.25, -0.2) is 9.37 Å². The Bertz CT molecular complexity index is 1560. The molecule has 1 N–H and O–H groups in total. The number of carbonyl (C=O) groups is 1. The largest absolute Gasteiger partial charge is 0.482 e. The topological polar surface area (TPSA) is 85.6 Å². The number of nitrogens with zero attached hydrogens (tertiary/aromatic N) is 3. The van der Waals surface area contributed by atoms with Crippen molar-refractivity contribution in [1.82, 2.24) is 9.66 Å². The molecule has 0 aliphatic heterocycles. The third-order valence-corrected chi connectivity index (χ3v) is 6.42. The highest BCUT2D eigenvalue weighted by molar-refractivity contribution is 9.10. The maximum Gasteiger partial charge on any atom is 0.282 e. The molecular formula is C27H23BrClFN4O3. The Hall–Kier alpha value is -3.56. The standard InChI is InChI=1S/C27H23BrClFN4O3/c1-3-16(2)26-33-23-9-8-18(28)12-21(23)27(36)34(26)31-14-17-7-10-24(22(29)11-17)37-15-25(35)32-20-6-4-5-19(30)13-20/h4-14,16H,3,15H2,1-2H3,(H,32,35)/t16-/m1/s1. The van der Waals surface area contributed by atoms with Crippen LogP contribution in [0.25, 0.3) is 10.9 Å². The lowest BCUT2D eigenvalue weighted by Gasteiger charge is -2.14. The van der Waals surface area contributed by atoms with Gasteiger partial charge in [-0.1, -0.05) is 47.4 Å². The zero-order chi connectivity index (χ0) is 26.5. The van der Waals surface area contributed by atoms with Gasteiger partial charge in [0, 0.05) is 16.1 Å². The van der Waals surface area contributed by atoms with E-state index in [4.69, 9.17) is 21.3 Å². The van der Waals surface area contributed by atoms with Gasteiger partial charge < -0.3 is 10.1 Å². The molecule has 0 saturated carbocycles. The average Bonchev–Trinajstić information content (AvgIpc) is 2.87. The van der Waals surface area contributed by atoms with Crippen molar-refractivity contribution in [2.24, 2.45) is 5.10 Å². The van der Waals surface area contributed by atoms with Crippen LogP contribution in [0.5, 0.6) is 5.75 Å². The van der Waals surface area contributed by atoms with E-state index < -0.39 is 11.7 Å². The minimum atomic E-state index is -0.459. The Morgan fingerprint density at radius 1 is 1.24 bits per heavy atom. The predicted octanol–water partition coefficient (Wildman–Crippen LogP) is 6.36. The molecule has 0 unspecified atom stereocenters. The minimum Gasteiger partial charge on any atom is -0.482 e. The number of nitrogens with one attached hydrogen (secondary N) is 1. The maximum absolute atomic E-state index is 13.3. The highest BCUT2D eigenvalue weighted by Gasteiger charge is 2.16. The lowest BCUT2D eigenvalue weighted by atomic mass is 10.1. The number of benzene rings is 3. The van der Waals surface area contributed by atoms with Gasteiger partial charge in [-0.2, -0.15) is 9.78 Å². The van der Waals surface area contributed by atoms with Gasteiger partial charge in [-0.3, -0.25) is 9.59 Å². The number of carbonyl (C=O) groups excluding carboxylic acids is 1. The normalized spacial score (nSPS) is 12.1. The van der Waals surface area contributed by atoms with Gasteiger partial charge in [0.1, 0.15) is 17.4 Å². The molecule has 0 spiro atoms. The second kappa shape index (κ2) is 11.7. The summed E-state index contributed by atoms with van der Waals surface area (Å²) in [6.07, 6.45) is 2.31. The Morgan fingerprint density at radius 2 is 2.05 bits per heavy atom. The number of ether oxygens (including phenoxy) is 1. The fourth-order valence-electron chi connectivity index (χ4n) is 3.52. The monoisotopic (exact) mass is 584 g/mol. The minimum absolute atomic E-state index is 0.00999. The number of fused-ring (bicyclic) bond motifs is 1. The van der Waals surface area contributed by atoms with E-state index >= 15 is 0 Å². The number of halogens is 3. The third-order valence-electron chi connectivity index (χ3n) is 5.63. The van der Waals surface area contributed by atoms with Crippen molar-refractivity contribution < 1.29 is 13.9 Å². The van der Waals surface area contributed by atoms with Crippen molar-refractivity contribution in [2.75, 3.05) is 11.9 Å². The molecule has 190 valence electrons. The fraction of sp³-hybridized carbons (Fsp3) is 0.185. The van der Waals surface area contributed by atoms with E-state index in [2.05, 4.69) is 26.3 Å². The maximum atomic E-state index is 13.3. The molecule has 0 aliphatic carbocycles. The van der Waals surface area contributed by atoms with E-state index in [0.717, 1.165) is 10.9 Å². The lowest BCUT2D eigenvalue weighted by Crippen LogP contribution is -2.23. The molecule has 0 radical (unpaired) electrons. The van der Waals surface area contributed by atoms with Gasteiger partial charge in [-0.15, -0.1) is 0 Å². The van der Waals surface area contributed by atoms with Gasteiger partial charge in [0.25, 0.3) is 11.5 Å². The molecule has 0 aliphatic rings. The highest BCUT2D eigenvalue weighted by atomic mass is 79.9. The number of aromatic nitrogens is 2. The Balaban J connectivity index is 1.53. The molecule has 0 fully saturated rings. The Morgan fingerprint density at radius 3 is 2.78 bits per heavy atom. The van der Waals surface area contributed by atoms with Crippen LogP contribution in [0.15, 0.2) is 75.0 Å². The van der Waals surface area contributed by atoms with Crippen LogP contribution in [0.4, 0.5) is 10.1 Å².